The number of aryl methyl sites for hydroxylation is 1. The third-order valence-electron chi connectivity index (χ3n) is 4.77. The Kier molecular flexibility index (Phi) is 7.37. The van der Waals surface area contributed by atoms with Crippen molar-refractivity contribution in [1.29, 1.82) is 0 Å². The molecule has 1 fully saturated rings. The van der Waals surface area contributed by atoms with Crippen molar-refractivity contribution in [3.05, 3.63) is 29.8 Å². The number of carbonyl (C=O) groups is 1. The van der Waals surface area contributed by atoms with E-state index in [1.165, 1.54) is 0 Å². The van der Waals surface area contributed by atoms with Gasteiger partial charge in [-0.05, 0) is 56.6 Å². The Balaban J connectivity index is 1.72. The second-order valence-electron chi connectivity index (χ2n) is 6.67. The minimum Gasteiger partial charge on any atom is -0.488 e. The van der Waals surface area contributed by atoms with Crippen LogP contribution in [0.1, 0.15) is 44.6 Å². The fourth-order valence-electron chi connectivity index (χ4n) is 3.07. The van der Waals surface area contributed by atoms with E-state index in [0.717, 1.165) is 43.4 Å². The van der Waals surface area contributed by atoms with E-state index in [1.54, 1.807) is 0 Å². The summed E-state index contributed by atoms with van der Waals surface area (Å²) in [6.07, 6.45) is 4.63. The Morgan fingerprint density at radius 1 is 1.29 bits per heavy atom. The second-order valence-corrected chi connectivity index (χ2v) is 6.67. The van der Waals surface area contributed by atoms with Gasteiger partial charge in [0.05, 0.1) is 6.54 Å². The van der Waals surface area contributed by atoms with Crippen LogP contribution >= 0.6 is 0 Å². The molecule has 0 saturated heterocycles. The first-order valence-electron chi connectivity index (χ1n) is 8.99. The molecule has 1 aromatic rings. The van der Waals surface area contributed by atoms with Gasteiger partial charge >= 0.3 is 6.03 Å². The molecule has 5 nitrogen and oxygen atoms in total. The van der Waals surface area contributed by atoms with Gasteiger partial charge in [-0.25, -0.2) is 4.79 Å². The number of amides is 2. The number of hydrogen-bond acceptors (Lipinski definition) is 3. The molecule has 0 aliphatic heterocycles. The number of urea groups is 1. The molecule has 24 heavy (non-hydrogen) atoms. The Morgan fingerprint density at radius 2 is 2.00 bits per heavy atom. The Hall–Kier alpha value is -1.75. The summed E-state index contributed by atoms with van der Waals surface area (Å²) in [5.41, 5.74) is 1.10. The Labute approximate surface area is 144 Å². The summed E-state index contributed by atoms with van der Waals surface area (Å²) in [4.78, 5) is 12.1. The van der Waals surface area contributed by atoms with Crippen LogP contribution < -0.4 is 15.4 Å². The Bertz CT molecular complexity index is 513. The quantitative estimate of drug-likeness (QED) is 0.718. The summed E-state index contributed by atoms with van der Waals surface area (Å²) in [5.74, 6) is 1.27. The van der Waals surface area contributed by atoms with Crippen molar-refractivity contribution in [2.24, 2.45) is 5.92 Å². The number of rotatable bonds is 7. The fourth-order valence-corrected chi connectivity index (χ4v) is 3.07. The minimum absolute atomic E-state index is 0.0398. The SMILES string of the molecule is CCC(CNC(=O)NC1CCC(CO)CC1)Oc1ccccc1C. The lowest BCUT2D eigenvalue weighted by atomic mass is 9.87. The molecule has 0 bridgehead atoms. The van der Waals surface area contributed by atoms with E-state index in [4.69, 9.17) is 9.84 Å². The van der Waals surface area contributed by atoms with Crippen molar-refractivity contribution in [2.75, 3.05) is 13.2 Å². The minimum atomic E-state index is -0.130. The maximum atomic E-state index is 12.1. The first kappa shape index (κ1) is 18.6. The van der Waals surface area contributed by atoms with E-state index in [1.807, 2.05) is 31.2 Å². The molecule has 1 aliphatic rings. The summed E-state index contributed by atoms with van der Waals surface area (Å²) < 4.78 is 5.99. The monoisotopic (exact) mass is 334 g/mol. The normalized spacial score (nSPS) is 21.8. The zero-order chi connectivity index (χ0) is 17.4. The molecule has 0 aromatic heterocycles. The second kappa shape index (κ2) is 9.52. The van der Waals surface area contributed by atoms with Crippen molar-refractivity contribution in [3.63, 3.8) is 0 Å². The van der Waals surface area contributed by atoms with Crippen LogP contribution in [0.15, 0.2) is 24.3 Å². The molecule has 2 rings (SSSR count). The average Bonchev–Trinajstić information content (AvgIpc) is 2.60. The molecule has 1 saturated carbocycles. The molecular weight excluding hydrogens is 304 g/mol. The van der Waals surface area contributed by atoms with Crippen molar-refractivity contribution in [2.45, 2.75) is 58.1 Å². The highest BCUT2D eigenvalue weighted by molar-refractivity contribution is 5.74. The van der Waals surface area contributed by atoms with Crippen LogP contribution in [-0.2, 0) is 0 Å². The van der Waals surface area contributed by atoms with Gasteiger partial charge in [0.2, 0.25) is 0 Å². The molecule has 2 amide bonds. The van der Waals surface area contributed by atoms with Crippen LogP contribution in [0.3, 0.4) is 0 Å². The largest absolute Gasteiger partial charge is 0.488 e. The lowest BCUT2D eigenvalue weighted by Crippen LogP contribution is -2.46. The predicted molar refractivity (Wildman–Crippen MR) is 95.3 cm³/mol. The Morgan fingerprint density at radius 3 is 2.62 bits per heavy atom. The molecule has 1 unspecified atom stereocenters. The molecule has 1 aromatic carbocycles. The summed E-state index contributed by atoms with van der Waals surface area (Å²) in [6.45, 7) is 4.82. The number of carbonyl (C=O) groups excluding carboxylic acids is 1. The first-order valence-corrected chi connectivity index (χ1v) is 8.99. The highest BCUT2D eigenvalue weighted by Gasteiger charge is 2.22. The van der Waals surface area contributed by atoms with Gasteiger partial charge in [0.1, 0.15) is 11.9 Å². The maximum Gasteiger partial charge on any atom is 0.315 e. The van der Waals surface area contributed by atoms with Crippen molar-refractivity contribution in [1.82, 2.24) is 10.6 Å². The van der Waals surface area contributed by atoms with E-state index in [-0.39, 0.29) is 24.8 Å². The summed E-state index contributed by atoms with van der Waals surface area (Å²) in [7, 11) is 0. The first-order chi connectivity index (χ1) is 11.6. The van der Waals surface area contributed by atoms with Crippen LogP contribution in [-0.4, -0.2) is 36.4 Å². The summed E-state index contributed by atoms with van der Waals surface area (Å²) in [5, 5.41) is 15.1. The number of benzene rings is 1. The van der Waals surface area contributed by atoms with Gasteiger partial charge in [0.15, 0.2) is 0 Å². The zero-order valence-electron chi connectivity index (χ0n) is 14.8. The number of para-hydroxylation sites is 1. The van der Waals surface area contributed by atoms with E-state index in [9.17, 15) is 4.79 Å². The number of aliphatic hydroxyl groups is 1. The van der Waals surface area contributed by atoms with Gasteiger partial charge in [-0.2, -0.15) is 0 Å². The highest BCUT2D eigenvalue weighted by Crippen LogP contribution is 2.23. The van der Waals surface area contributed by atoms with Crippen LogP contribution in [0.2, 0.25) is 0 Å². The highest BCUT2D eigenvalue weighted by atomic mass is 16.5. The fraction of sp³-hybridized carbons (Fsp3) is 0.632. The molecule has 134 valence electrons. The van der Waals surface area contributed by atoms with Crippen molar-refractivity contribution < 1.29 is 14.6 Å². The molecule has 1 aliphatic carbocycles. The van der Waals surface area contributed by atoms with Crippen LogP contribution in [0.25, 0.3) is 0 Å². The van der Waals surface area contributed by atoms with Crippen LogP contribution in [0.4, 0.5) is 4.79 Å². The molecular formula is C19H30N2O3. The third kappa shape index (κ3) is 5.71. The molecule has 5 heteroatoms. The predicted octanol–water partition coefficient (Wildman–Crippen LogP) is 3.00. The van der Waals surface area contributed by atoms with E-state index in [2.05, 4.69) is 17.6 Å². The lowest BCUT2D eigenvalue weighted by molar-refractivity contribution is 0.171. The van der Waals surface area contributed by atoms with Crippen molar-refractivity contribution in [3.8, 4) is 5.75 Å². The van der Waals surface area contributed by atoms with Gasteiger partial charge < -0.3 is 20.5 Å². The topological polar surface area (TPSA) is 70.6 Å². The smallest absolute Gasteiger partial charge is 0.315 e. The number of nitrogens with one attached hydrogen (secondary N) is 2. The van der Waals surface area contributed by atoms with E-state index < -0.39 is 0 Å². The maximum absolute atomic E-state index is 12.1. The standard InChI is InChI=1S/C19H30N2O3/c1-3-17(24-18-7-5-4-6-14(18)2)12-20-19(23)21-16-10-8-15(13-22)9-11-16/h4-7,15-17,22H,3,8-13H2,1-2H3,(H2,20,21,23). The molecule has 3 N–H and O–H groups in total. The number of hydrogen-bond donors (Lipinski definition) is 3. The van der Waals surface area contributed by atoms with Crippen LogP contribution in [0.5, 0.6) is 5.75 Å². The third-order valence-corrected chi connectivity index (χ3v) is 4.77. The molecule has 0 heterocycles. The molecule has 0 radical (unpaired) electrons. The summed E-state index contributed by atoms with van der Waals surface area (Å²) in [6, 6.07) is 8.00. The average molecular weight is 334 g/mol. The van der Waals surface area contributed by atoms with Gasteiger partial charge in [-0.15, -0.1) is 0 Å². The number of aliphatic hydroxyl groups excluding tert-OH is 1. The molecule has 0 spiro atoms. The van der Waals surface area contributed by atoms with Gasteiger partial charge in [0.25, 0.3) is 0 Å². The van der Waals surface area contributed by atoms with Gasteiger partial charge in [-0.3, -0.25) is 0 Å². The van der Waals surface area contributed by atoms with Crippen molar-refractivity contribution >= 4 is 6.03 Å². The van der Waals surface area contributed by atoms with Crippen LogP contribution in [0, 0.1) is 12.8 Å². The van der Waals surface area contributed by atoms with E-state index in [0.29, 0.717) is 12.5 Å². The van der Waals surface area contributed by atoms with Gasteiger partial charge in [0, 0.05) is 12.6 Å². The lowest BCUT2D eigenvalue weighted by Gasteiger charge is -2.28. The molecule has 1 atom stereocenters. The van der Waals surface area contributed by atoms with E-state index >= 15 is 0 Å². The zero-order valence-corrected chi connectivity index (χ0v) is 14.8. The van der Waals surface area contributed by atoms with Gasteiger partial charge in [-0.1, -0.05) is 25.1 Å². The number of ether oxygens (including phenoxy) is 1. The summed E-state index contributed by atoms with van der Waals surface area (Å²) >= 11 is 0.